The first-order chi connectivity index (χ1) is 8.82. The van der Waals surface area contributed by atoms with Crippen molar-refractivity contribution in [1.82, 2.24) is 5.32 Å². The molecule has 0 fully saturated rings. The highest BCUT2D eigenvalue weighted by molar-refractivity contribution is 6.31. The Morgan fingerprint density at radius 1 is 1.53 bits per heavy atom. The molecule has 1 atom stereocenters. The monoisotopic (exact) mass is 286 g/mol. The van der Waals surface area contributed by atoms with Crippen molar-refractivity contribution in [3.63, 3.8) is 0 Å². The Balaban J connectivity index is 2.84. The molecule has 0 amide bonds. The van der Waals surface area contributed by atoms with Gasteiger partial charge in [0.25, 0.3) is 5.69 Å². The van der Waals surface area contributed by atoms with Gasteiger partial charge in [-0.25, -0.2) is 0 Å². The minimum atomic E-state index is -0.962. The average molecular weight is 287 g/mol. The number of benzene rings is 1. The maximum atomic E-state index is 11.0. The zero-order valence-corrected chi connectivity index (χ0v) is 11.3. The molecule has 19 heavy (non-hydrogen) atoms. The first kappa shape index (κ1) is 15.4. The third-order valence-corrected chi connectivity index (χ3v) is 3.05. The summed E-state index contributed by atoms with van der Waals surface area (Å²) in [4.78, 5) is 21.2. The first-order valence-electron chi connectivity index (χ1n) is 5.72. The van der Waals surface area contributed by atoms with Gasteiger partial charge in [0, 0.05) is 23.7 Å². The van der Waals surface area contributed by atoms with E-state index in [9.17, 15) is 14.9 Å². The lowest BCUT2D eigenvalue weighted by Crippen LogP contribution is -2.40. The number of halogens is 1. The van der Waals surface area contributed by atoms with Gasteiger partial charge in [0.15, 0.2) is 0 Å². The molecule has 0 radical (unpaired) electrons. The largest absolute Gasteiger partial charge is 0.480 e. The molecule has 0 aliphatic carbocycles. The second kappa shape index (κ2) is 6.49. The van der Waals surface area contributed by atoms with Gasteiger partial charge in [0.2, 0.25) is 0 Å². The van der Waals surface area contributed by atoms with Gasteiger partial charge in [-0.3, -0.25) is 14.9 Å². The number of non-ortho nitro benzene ring substituents is 1. The normalized spacial score (nSPS) is 12.4. The van der Waals surface area contributed by atoms with Crippen LogP contribution >= 0.6 is 11.6 Å². The van der Waals surface area contributed by atoms with Crippen molar-refractivity contribution in [2.45, 2.75) is 26.4 Å². The number of aliphatic carboxylic acids is 1. The van der Waals surface area contributed by atoms with E-state index in [1.807, 2.05) is 0 Å². The quantitative estimate of drug-likeness (QED) is 0.619. The molecule has 0 aliphatic rings. The van der Waals surface area contributed by atoms with E-state index in [4.69, 9.17) is 16.7 Å². The molecule has 0 saturated heterocycles. The van der Waals surface area contributed by atoms with E-state index < -0.39 is 16.9 Å². The van der Waals surface area contributed by atoms with Gasteiger partial charge in [-0.2, -0.15) is 0 Å². The van der Waals surface area contributed by atoms with Crippen LogP contribution in [0.2, 0.25) is 5.02 Å². The molecule has 1 aromatic carbocycles. The third kappa shape index (κ3) is 4.18. The van der Waals surface area contributed by atoms with Crippen molar-refractivity contribution in [2.75, 3.05) is 0 Å². The fraction of sp³-hybridized carbons (Fsp3) is 0.417. The van der Waals surface area contributed by atoms with Crippen LogP contribution in [-0.4, -0.2) is 22.0 Å². The molecular weight excluding hydrogens is 272 g/mol. The Morgan fingerprint density at radius 3 is 2.63 bits per heavy atom. The molecule has 1 unspecified atom stereocenters. The minimum absolute atomic E-state index is 0.0716. The predicted molar refractivity (Wildman–Crippen MR) is 71.2 cm³/mol. The number of nitrogens with zero attached hydrogens (tertiary/aromatic N) is 1. The van der Waals surface area contributed by atoms with E-state index in [-0.39, 0.29) is 18.2 Å². The fourth-order valence-electron chi connectivity index (χ4n) is 1.64. The highest BCUT2D eigenvalue weighted by Gasteiger charge is 2.21. The lowest BCUT2D eigenvalue weighted by molar-refractivity contribution is -0.384. The molecule has 0 heterocycles. The second-order valence-corrected chi connectivity index (χ2v) is 4.88. The van der Waals surface area contributed by atoms with Gasteiger partial charge < -0.3 is 10.4 Å². The SMILES string of the molecule is CC(C)C(NCc1cc([N+](=O)[O-])ccc1Cl)C(=O)O. The standard InChI is InChI=1S/C12H15ClN2O4/c1-7(2)11(12(16)17)14-6-8-5-9(15(18)19)3-4-10(8)13/h3-5,7,11,14H,6H2,1-2H3,(H,16,17). The van der Waals surface area contributed by atoms with E-state index in [1.165, 1.54) is 18.2 Å². The van der Waals surface area contributed by atoms with Crippen molar-refractivity contribution in [3.8, 4) is 0 Å². The van der Waals surface area contributed by atoms with E-state index in [1.54, 1.807) is 13.8 Å². The van der Waals surface area contributed by atoms with Crippen LogP contribution in [0.1, 0.15) is 19.4 Å². The molecule has 1 rings (SSSR count). The predicted octanol–water partition coefficient (Wildman–Crippen LogP) is 2.45. The number of hydrogen-bond acceptors (Lipinski definition) is 4. The first-order valence-corrected chi connectivity index (χ1v) is 6.09. The van der Waals surface area contributed by atoms with Crippen molar-refractivity contribution in [1.29, 1.82) is 0 Å². The van der Waals surface area contributed by atoms with Gasteiger partial charge in [0.05, 0.1) is 4.92 Å². The summed E-state index contributed by atoms with van der Waals surface area (Å²) >= 11 is 5.93. The number of hydrogen-bond donors (Lipinski definition) is 2. The Bertz CT molecular complexity index is 491. The molecule has 0 saturated carbocycles. The number of carboxylic acids is 1. The van der Waals surface area contributed by atoms with E-state index in [2.05, 4.69) is 5.32 Å². The summed E-state index contributed by atoms with van der Waals surface area (Å²) in [5.41, 5.74) is 0.431. The molecule has 7 heteroatoms. The summed E-state index contributed by atoms with van der Waals surface area (Å²) in [6.45, 7) is 3.72. The zero-order chi connectivity index (χ0) is 14.6. The number of carbonyl (C=O) groups is 1. The Labute approximate surface area is 115 Å². The van der Waals surface area contributed by atoms with Crippen LogP contribution in [0.3, 0.4) is 0 Å². The van der Waals surface area contributed by atoms with E-state index in [0.29, 0.717) is 10.6 Å². The molecule has 6 nitrogen and oxygen atoms in total. The maximum Gasteiger partial charge on any atom is 0.320 e. The number of nitrogens with one attached hydrogen (secondary N) is 1. The van der Waals surface area contributed by atoms with Crippen LogP contribution in [0, 0.1) is 16.0 Å². The topological polar surface area (TPSA) is 92.5 Å². The van der Waals surface area contributed by atoms with Crippen LogP contribution in [0.4, 0.5) is 5.69 Å². The molecule has 0 bridgehead atoms. The van der Waals surface area contributed by atoms with Gasteiger partial charge in [-0.05, 0) is 17.5 Å². The number of nitro benzene ring substituents is 1. The van der Waals surface area contributed by atoms with Crippen LogP contribution in [0.15, 0.2) is 18.2 Å². The summed E-state index contributed by atoms with van der Waals surface area (Å²) in [5.74, 6) is -1.06. The lowest BCUT2D eigenvalue weighted by Gasteiger charge is -2.18. The molecule has 0 aromatic heterocycles. The number of nitro groups is 1. The zero-order valence-electron chi connectivity index (χ0n) is 10.6. The minimum Gasteiger partial charge on any atom is -0.480 e. The van der Waals surface area contributed by atoms with Crippen LogP contribution in [0.25, 0.3) is 0 Å². The maximum absolute atomic E-state index is 11.0. The van der Waals surface area contributed by atoms with Gasteiger partial charge >= 0.3 is 5.97 Å². The fourth-order valence-corrected chi connectivity index (χ4v) is 1.82. The number of carboxylic acid groups (broad SMARTS) is 1. The summed E-state index contributed by atoms with van der Waals surface area (Å²) in [6, 6.07) is 3.36. The van der Waals surface area contributed by atoms with Crippen LogP contribution in [-0.2, 0) is 11.3 Å². The smallest absolute Gasteiger partial charge is 0.320 e. The van der Waals surface area contributed by atoms with Crippen molar-refractivity contribution >= 4 is 23.3 Å². The van der Waals surface area contributed by atoms with Crippen molar-refractivity contribution in [2.24, 2.45) is 5.92 Å². The summed E-state index contributed by atoms with van der Waals surface area (Å²) in [6.07, 6.45) is 0. The molecule has 104 valence electrons. The molecule has 0 spiro atoms. The van der Waals surface area contributed by atoms with E-state index in [0.717, 1.165) is 0 Å². The van der Waals surface area contributed by atoms with Crippen LogP contribution < -0.4 is 5.32 Å². The highest BCUT2D eigenvalue weighted by Crippen LogP contribution is 2.22. The van der Waals surface area contributed by atoms with Crippen LogP contribution in [0.5, 0.6) is 0 Å². The van der Waals surface area contributed by atoms with Gasteiger partial charge in [-0.15, -0.1) is 0 Å². The van der Waals surface area contributed by atoms with Crippen molar-refractivity contribution < 1.29 is 14.8 Å². The second-order valence-electron chi connectivity index (χ2n) is 4.47. The molecule has 2 N–H and O–H groups in total. The Hall–Kier alpha value is -1.66. The molecular formula is C12H15ClN2O4. The summed E-state index contributed by atoms with van der Waals surface area (Å²) in [7, 11) is 0. The molecule has 0 aliphatic heterocycles. The average Bonchev–Trinajstić information content (AvgIpc) is 2.30. The lowest BCUT2D eigenvalue weighted by atomic mass is 10.0. The Kier molecular flexibility index (Phi) is 5.26. The molecule has 1 aromatic rings. The van der Waals surface area contributed by atoms with E-state index >= 15 is 0 Å². The van der Waals surface area contributed by atoms with Gasteiger partial charge in [-0.1, -0.05) is 25.4 Å². The Morgan fingerprint density at radius 2 is 2.16 bits per heavy atom. The summed E-state index contributed by atoms with van der Waals surface area (Å²) in [5, 5.41) is 22.9. The van der Waals surface area contributed by atoms with Crippen molar-refractivity contribution in [3.05, 3.63) is 38.9 Å². The van der Waals surface area contributed by atoms with Gasteiger partial charge in [0.1, 0.15) is 6.04 Å². The highest BCUT2D eigenvalue weighted by atomic mass is 35.5. The third-order valence-electron chi connectivity index (χ3n) is 2.69. The summed E-state index contributed by atoms with van der Waals surface area (Å²) < 4.78 is 0. The number of rotatable bonds is 6.